The van der Waals surface area contributed by atoms with Crippen LogP contribution in [0.15, 0.2) is 77.8 Å². The van der Waals surface area contributed by atoms with Crippen molar-refractivity contribution in [2.45, 2.75) is 38.2 Å². The van der Waals surface area contributed by atoms with Crippen molar-refractivity contribution in [3.05, 3.63) is 95.3 Å². The smallest absolute Gasteiger partial charge is 0.357 e. The first-order chi connectivity index (χ1) is 17.6. The number of sulfonamides is 1. The summed E-state index contributed by atoms with van der Waals surface area (Å²) < 4.78 is 32.5. The van der Waals surface area contributed by atoms with Gasteiger partial charge in [-0.25, -0.2) is 22.9 Å². The van der Waals surface area contributed by atoms with Gasteiger partial charge in [-0.1, -0.05) is 56.3 Å². The number of rotatable bonds is 11. The van der Waals surface area contributed by atoms with E-state index in [1.165, 1.54) is 24.3 Å². The van der Waals surface area contributed by atoms with Crippen LogP contribution >= 0.6 is 0 Å². The molecule has 0 saturated carbocycles. The fourth-order valence-electron chi connectivity index (χ4n) is 3.31. The van der Waals surface area contributed by atoms with E-state index in [1.807, 2.05) is 48.9 Å². The fraction of sp³-hybridized carbons (Fsp3) is 0.259. The third kappa shape index (κ3) is 8.53. The van der Waals surface area contributed by atoms with E-state index < -0.39 is 21.9 Å². The number of nitrogens with one attached hydrogen (secondary N) is 2. The topological polar surface area (TPSA) is 132 Å². The summed E-state index contributed by atoms with van der Waals surface area (Å²) in [5, 5.41) is 2.83. The van der Waals surface area contributed by atoms with Crippen LogP contribution in [0.3, 0.4) is 0 Å². The zero-order valence-electron chi connectivity index (χ0n) is 20.6. The first-order valence-electron chi connectivity index (χ1n) is 11.7. The molecular formula is C27H29N3O6S. The molecular weight excluding hydrogens is 494 g/mol. The molecule has 37 heavy (non-hydrogen) atoms. The maximum atomic E-state index is 12.6. The lowest BCUT2D eigenvalue weighted by Gasteiger charge is -2.09. The van der Waals surface area contributed by atoms with Crippen LogP contribution in [0.1, 0.15) is 52.2 Å². The SMILES string of the molecule is CC(C)CC(=O)NCCc1ccc(S(=O)(=O)NC(=O)c2ccc(C(=O)OCc3ccccc3)nc2)cc1. The van der Waals surface area contributed by atoms with Gasteiger partial charge in [0.2, 0.25) is 5.91 Å². The summed E-state index contributed by atoms with van der Waals surface area (Å²) in [6.07, 6.45) is 2.11. The van der Waals surface area contributed by atoms with Crippen molar-refractivity contribution in [2.24, 2.45) is 5.92 Å². The van der Waals surface area contributed by atoms with Crippen LogP contribution in [0, 0.1) is 5.92 Å². The number of aromatic nitrogens is 1. The summed E-state index contributed by atoms with van der Waals surface area (Å²) in [4.78, 5) is 40.2. The molecule has 0 fully saturated rings. The predicted octanol–water partition coefficient (Wildman–Crippen LogP) is 3.26. The first kappa shape index (κ1) is 27.5. The number of carbonyl (C=O) groups is 3. The van der Waals surface area contributed by atoms with Gasteiger partial charge in [0.05, 0.1) is 10.5 Å². The zero-order valence-corrected chi connectivity index (χ0v) is 21.5. The van der Waals surface area contributed by atoms with Gasteiger partial charge in [-0.15, -0.1) is 0 Å². The van der Waals surface area contributed by atoms with Crippen LogP contribution in [0.5, 0.6) is 0 Å². The van der Waals surface area contributed by atoms with Crippen molar-refractivity contribution >= 4 is 27.8 Å². The highest BCUT2D eigenvalue weighted by molar-refractivity contribution is 7.90. The quantitative estimate of drug-likeness (QED) is 0.369. The molecule has 2 aromatic carbocycles. The number of hydrogen-bond acceptors (Lipinski definition) is 7. The molecule has 1 heterocycles. The van der Waals surface area contributed by atoms with Crippen molar-refractivity contribution < 1.29 is 27.5 Å². The number of pyridine rings is 1. The van der Waals surface area contributed by atoms with E-state index in [-0.39, 0.29) is 34.6 Å². The largest absolute Gasteiger partial charge is 0.456 e. The van der Waals surface area contributed by atoms with Crippen molar-refractivity contribution in [3.63, 3.8) is 0 Å². The van der Waals surface area contributed by atoms with E-state index in [9.17, 15) is 22.8 Å². The molecule has 9 nitrogen and oxygen atoms in total. The maximum absolute atomic E-state index is 12.6. The zero-order chi connectivity index (χ0) is 26.8. The summed E-state index contributed by atoms with van der Waals surface area (Å²) in [6, 6.07) is 17.8. The van der Waals surface area contributed by atoms with E-state index >= 15 is 0 Å². The summed E-state index contributed by atoms with van der Waals surface area (Å²) in [5.41, 5.74) is 1.62. The molecule has 0 aliphatic rings. The van der Waals surface area contributed by atoms with Crippen LogP contribution < -0.4 is 10.0 Å². The van der Waals surface area contributed by atoms with Crippen molar-refractivity contribution in [1.29, 1.82) is 0 Å². The van der Waals surface area contributed by atoms with E-state index in [0.29, 0.717) is 19.4 Å². The third-order valence-electron chi connectivity index (χ3n) is 5.24. The van der Waals surface area contributed by atoms with Gasteiger partial charge in [0.1, 0.15) is 12.3 Å². The van der Waals surface area contributed by atoms with E-state index in [2.05, 4.69) is 10.3 Å². The predicted molar refractivity (Wildman–Crippen MR) is 137 cm³/mol. The molecule has 3 aromatic rings. The Balaban J connectivity index is 1.53. The second-order valence-corrected chi connectivity index (χ2v) is 10.5. The van der Waals surface area contributed by atoms with Crippen molar-refractivity contribution in [3.8, 4) is 0 Å². The van der Waals surface area contributed by atoms with Gasteiger partial charge in [-0.05, 0) is 47.7 Å². The highest BCUT2D eigenvalue weighted by Gasteiger charge is 2.20. The molecule has 0 saturated heterocycles. The first-order valence-corrected chi connectivity index (χ1v) is 13.2. The van der Waals surface area contributed by atoms with Gasteiger partial charge in [0.25, 0.3) is 15.9 Å². The molecule has 0 aliphatic heterocycles. The minimum Gasteiger partial charge on any atom is -0.456 e. The normalized spacial score (nSPS) is 11.1. The van der Waals surface area contributed by atoms with Crippen LogP contribution in [0.4, 0.5) is 0 Å². The molecule has 10 heteroatoms. The van der Waals surface area contributed by atoms with E-state index in [0.717, 1.165) is 17.3 Å². The van der Waals surface area contributed by atoms with Crippen molar-refractivity contribution in [1.82, 2.24) is 15.0 Å². The van der Waals surface area contributed by atoms with Gasteiger partial charge in [0.15, 0.2) is 0 Å². The number of benzene rings is 2. The minimum absolute atomic E-state index is 0.00803. The minimum atomic E-state index is -4.13. The molecule has 194 valence electrons. The molecule has 0 bridgehead atoms. The summed E-state index contributed by atoms with van der Waals surface area (Å²) in [5.74, 6) is -1.30. The Morgan fingerprint density at radius 3 is 2.24 bits per heavy atom. The molecule has 3 rings (SSSR count). The summed E-state index contributed by atoms with van der Waals surface area (Å²) in [6.45, 7) is 4.45. The average Bonchev–Trinajstić information content (AvgIpc) is 2.87. The lowest BCUT2D eigenvalue weighted by Crippen LogP contribution is -2.30. The lowest BCUT2D eigenvalue weighted by molar-refractivity contribution is -0.121. The standard InChI is InChI=1S/C27H29N3O6S/c1-19(2)16-25(31)28-15-14-20-8-11-23(12-9-20)37(34,35)30-26(32)22-10-13-24(29-17-22)27(33)36-18-21-6-4-3-5-7-21/h3-13,17,19H,14-16,18H2,1-2H3,(H,28,31)(H,30,32). The number of nitrogens with zero attached hydrogens (tertiary/aromatic N) is 1. The molecule has 0 radical (unpaired) electrons. The summed E-state index contributed by atoms with van der Waals surface area (Å²) in [7, 11) is -4.13. The number of hydrogen-bond donors (Lipinski definition) is 2. The second-order valence-electron chi connectivity index (χ2n) is 8.77. The van der Waals surface area contributed by atoms with Crippen LogP contribution in [0.25, 0.3) is 0 Å². The Labute approximate surface area is 216 Å². The van der Waals surface area contributed by atoms with E-state index in [1.54, 1.807) is 12.1 Å². The second kappa shape index (κ2) is 12.8. The highest BCUT2D eigenvalue weighted by atomic mass is 32.2. The molecule has 2 N–H and O–H groups in total. The summed E-state index contributed by atoms with van der Waals surface area (Å²) >= 11 is 0. The van der Waals surface area contributed by atoms with Crippen LogP contribution in [-0.4, -0.2) is 37.7 Å². The van der Waals surface area contributed by atoms with Gasteiger partial charge < -0.3 is 10.1 Å². The molecule has 2 amide bonds. The van der Waals surface area contributed by atoms with Gasteiger partial charge >= 0.3 is 5.97 Å². The Hall–Kier alpha value is -4.05. The maximum Gasteiger partial charge on any atom is 0.357 e. The van der Waals surface area contributed by atoms with E-state index in [4.69, 9.17) is 4.74 Å². The van der Waals surface area contributed by atoms with Crippen LogP contribution in [-0.2, 0) is 32.6 Å². The third-order valence-corrected chi connectivity index (χ3v) is 6.58. The van der Waals surface area contributed by atoms with Gasteiger partial charge in [-0.3, -0.25) is 9.59 Å². The Kier molecular flexibility index (Phi) is 9.51. The number of carbonyl (C=O) groups excluding carboxylic acids is 3. The fourth-order valence-corrected chi connectivity index (χ4v) is 4.28. The lowest BCUT2D eigenvalue weighted by atomic mass is 10.1. The Bertz CT molecular complexity index is 1320. The molecule has 0 spiro atoms. The monoisotopic (exact) mass is 523 g/mol. The highest BCUT2D eigenvalue weighted by Crippen LogP contribution is 2.13. The van der Waals surface area contributed by atoms with Crippen LogP contribution in [0.2, 0.25) is 0 Å². The number of amides is 2. The van der Waals surface area contributed by atoms with Gasteiger partial charge in [-0.2, -0.15) is 0 Å². The Morgan fingerprint density at radius 1 is 0.919 bits per heavy atom. The Morgan fingerprint density at radius 2 is 1.62 bits per heavy atom. The molecule has 1 aromatic heterocycles. The number of ether oxygens (including phenoxy) is 1. The van der Waals surface area contributed by atoms with Gasteiger partial charge in [0, 0.05) is 19.2 Å². The molecule has 0 aliphatic carbocycles. The molecule has 0 unspecified atom stereocenters. The van der Waals surface area contributed by atoms with Crippen molar-refractivity contribution in [2.75, 3.05) is 6.54 Å². The number of esters is 1. The molecule has 0 atom stereocenters. The average molecular weight is 524 g/mol.